The monoisotopic (exact) mass is 395 g/mol. The third-order valence-electron chi connectivity index (χ3n) is 4.99. The molecule has 2 aliphatic carbocycles. The number of fused-ring (bicyclic) bond motifs is 2. The van der Waals surface area contributed by atoms with Crippen LogP contribution in [0.5, 0.6) is 0 Å². The molecule has 4 heteroatoms. The summed E-state index contributed by atoms with van der Waals surface area (Å²) < 4.78 is 0. The van der Waals surface area contributed by atoms with Crippen molar-refractivity contribution in [2.45, 2.75) is 71.8 Å². The van der Waals surface area contributed by atoms with Crippen LogP contribution in [-0.2, 0) is 0 Å². The number of alkyl halides is 2. The van der Waals surface area contributed by atoms with Crippen molar-refractivity contribution >= 4 is 43.6 Å². The van der Waals surface area contributed by atoms with Gasteiger partial charge >= 0.3 is 0 Å². The summed E-state index contributed by atoms with van der Waals surface area (Å²) in [6, 6.07) is 1.50. The number of hydrogen-bond donors (Lipinski definition) is 1. The van der Waals surface area contributed by atoms with Crippen LogP contribution in [0.1, 0.15) is 39.5 Å². The Morgan fingerprint density at radius 1 is 0.833 bits per heavy atom. The standard InChI is InChI=1S/C14H23Br2NS/c1-7-3-9(15)5-11-13(7)17-14-8(2)4-10(16)6-12(14)18-11/h7-14,17H,3-6H2,1-2H3. The van der Waals surface area contributed by atoms with Gasteiger partial charge in [-0.2, -0.15) is 11.8 Å². The number of rotatable bonds is 0. The Morgan fingerprint density at radius 3 is 1.72 bits per heavy atom. The molecule has 1 saturated heterocycles. The van der Waals surface area contributed by atoms with Crippen LogP contribution < -0.4 is 5.32 Å². The molecule has 18 heavy (non-hydrogen) atoms. The van der Waals surface area contributed by atoms with E-state index < -0.39 is 0 Å². The molecular formula is C14H23Br2NS. The highest BCUT2D eigenvalue weighted by Crippen LogP contribution is 2.46. The highest BCUT2D eigenvalue weighted by Gasteiger charge is 2.46. The van der Waals surface area contributed by atoms with Crippen molar-refractivity contribution in [3.05, 3.63) is 0 Å². The van der Waals surface area contributed by atoms with Crippen LogP contribution in [0.2, 0.25) is 0 Å². The first-order valence-electron chi connectivity index (χ1n) is 7.24. The predicted octanol–water partition coefficient (Wildman–Crippen LogP) is 4.18. The van der Waals surface area contributed by atoms with E-state index in [0.717, 1.165) is 44.1 Å². The van der Waals surface area contributed by atoms with Crippen molar-refractivity contribution in [3.63, 3.8) is 0 Å². The highest BCUT2D eigenvalue weighted by molar-refractivity contribution is 9.09. The van der Waals surface area contributed by atoms with Gasteiger partial charge in [0, 0.05) is 32.2 Å². The van der Waals surface area contributed by atoms with Crippen LogP contribution in [0, 0.1) is 11.8 Å². The first kappa shape index (κ1) is 14.2. The van der Waals surface area contributed by atoms with Crippen molar-refractivity contribution in [3.8, 4) is 0 Å². The molecule has 0 amide bonds. The van der Waals surface area contributed by atoms with E-state index in [0.29, 0.717) is 0 Å². The molecule has 0 radical (unpaired) electrons. The molecule has 1 aliphatic heterocycles. The van der Waals surface area contributed by atoms with E-state index in [-0.39, 0.29) is 0 Å². The maximum Gasteiger partial charge on any atom is 0.0217 e. The lowest BCUT2D eigenvalue weighted by Gasteiger charge is -2.52. The summed E-state index contributed by atoms with van der Waals surface area (Å²) >= 11 is 10.00. The van der Waals surface area contributed by atoms with Crippen LogP contribution in [0.25, 0.3) is 0 Å². The minimum atomic E-state index is 0.736. The second-order valence-corrected chi connectivity index (χ2v) is 10.6. The summed E-state index contributed by atoms with van der Waals surface area (Å²) in [5.74, 6) is 1.63. The minimum absolute atomic E-state index is 0.736. The minimum Gasteiger partial charge on any atom is -0.308 e. The van der Waals surface area contributed by atoms with E-state index >= 15 is 0 Å². The van der Waals surface area contributed by atoms with Crippen molar-refractivity contribution < 1.29 is 0 Å². The lowest BCUT2D eigenvalue weighted by molar-refractivity contribution is 0.201. The van der Waals surface area contributed by atoms with Gasteiger partial charge in [0.15, 0.2) is 0 Å². The number of halogens is 2. The van der Waals surface area contributed by atoms with Gasteiger partial charge in [-0.25, -0.2) is 0 Å². The number of thioether (sulfide) groups is 1. The second-order valence-electron chi connectivity index (χ2n) is 6.52. The quantitative estimate of drug-likeness (QED) is 0.616. The summed E-state index contributed by atoms with van der Waals surface area (Å²) in [6.07, 6.45) is 5.36. The van der Waals surface area contributed by atoms with Crippen molar-refractivity contribution in [2.24, 2.45) is 11.8 Å². The fourth-order valence-corrected chi connectivity index (χ4v) is 8.74. The average Bonchev–Trinajstić information content (AvgIpc) is 2.26. The van der Waals surface area contributed by atoms with Crippen molar-refractivity contribution in [2.75, 3.05) is 0 Å². The van der Waals surface area contributed by atoms with Crippen LogP contribution in [-0.4, -0.2) is 32.2 Å². The lowest BCUT2D eigenvalue weighted by atomic mass is 9.80. The number of nitrogens with one attached hydrogen (secondary N) is 1. The fraction of sp³-hybridized carbons (Fsp3) is 1.00. The maximum atomic E-state index is 4.04. The van der Waals surface area contributed by atoms with Crippen LogP contribution in [0.3, 0.4) is 0 Å². The molecule has 0 aromatic heterocycles. The first-order chi connectivity index (χ1) is 8.54. The second kappa shape index (κ2) is 5.57. The van der Waals surface area contributed by atoms with E-state index in [1.807, 2.05) is 0 Å². The van der Waals surface area contributed by atoms with Gasteiger partial charge in [0.05, 0.1) is 0 Å². The molecule has 3 aliphatic rings. The maximum absolute atomic E-state index is 4.04. The zero-order valence-corrected chi connectivity index (χ0v) is 15.1. The largest absolute Gasteiger partial charge is 0.308 e. The van der Waals surface area contributed by atoms with Crippen molar-refractivity contribution in [1.82, 2.24) is 5.32 Å². The molecule has 8 atom stereocenters. The zero-order chi connectivity index (χ0) is 12.9. The SMILES string of the molecule is CC1CC(Br)CC2SC3CC(Br)CC(C)C3NC12. The van der Waals surface area contributed by atoms with Gasteiger partial charge in [0.1, 0.15) is 0 Å². The molecule has 1 nitrogen and oxygen atoms in total. The summed E-state index contributed by atoms with van der Waals surface area (Å²) in [7, 11) is 0. The molecular weight excluding hydrogens is 374 g/mol. The molecule has 2 saturated carbocycles. The lowest BCUT2D eigenvalue weighted by Crippen LogP contribution is -2.62. The van der Waals surface area contributed by atoms with Gasteiger partial charge in [-0.05, 0) is 37.5 Å². The third-order valence-corrected chi connectivity index (χ3v) is 8.16. The molecule has 3 fully saturated rings. The summed E-state index contributed by atoms with van der Waals surface area (Å²) in [5.41, 5.74) is 0. The third kappa shape index (κ3) is 2.68. The predicted molar refractivity (Wildman–Crippen MR) is 88.1 cm³/mol. The molecule has 104 valence electrons. The summed E-state index contributed by atoms with van der Waals surface area (Å²) in [4.78, 5) is 1.47. The Bertz CT molecular complexity index is 286. The van der Waals surface area contributed by atoms with Gasteiger partial charge < -0.3 is 5.32 Å². The van der Waals surface area contributed by atoms with Crippen LogP contribution in [0.4, 0.5) is 0 Å². The van der Waals surface area contributed by atoms with Gasteiger partial charge in [-0.3, -0.25) is 0 Å². The van der Waals surface area contributed by atoms with E-state index in [4.69, 9.17) is 0 Å². The van der Waals surface area contributed by atoms with Gasteiger partial charge in [-0.15, -0.1) is 0 Å². The molecule has 0 aromatic rings. The highest BCUT2D eigenvalue weighted by atomic mass is 79.9. The topological polar surface area (TPSA) is 12.0 Å². The molecule has 1 N–H and O–H groups in total. The van der Waals surface area contributed by atoms with Gasteiger partial charge in [-0.1, -0.05) is 45.7 Å². The Kier molecular flexibility index (Phi) is 4.40. The van der Waals surface area contributed by atoms with Gasteiger partial charge in [0.2, 0.25) is 0 Å². The summed E-state index contributed by atoms with van der Waals surface area (Å²) in [5, 5.41) is 5.68. The fourth-order valence-electron chi connectivity index (χ4n) is 4.09. The van der Waals surface area contributed by atoms with E-state index in [1.165, 1.54) is 25.7 Å². The average molecular weight is 397 g/mol. The van der Waals surface area contributed by atoms with E-state index in [9.17, 15) is 0 Å². The smallest absolute Gasteiger partial charge is 0.0217 e. The Balaban J connectivity index is 1.75. The van der Waals surface area contributed by atoms with Crippen molar-refractivity contribution in [1.29, 1.82) is 0 Å². The molecule has 0 spiro atoms. The molecule has 8 unspecified atom stereocenters. The van der Waals surface area contributed by atoms with Gasteiger partial charge in [0.25, 0.3) is 0 Å². The van der Waals surface area contributed by atoms with E-state index in [1.54, 1.807) is 0 Å². The zero-order valence-electron chi connectivity index (χ0n) is 11.1. The molecule has 0 bridgehead atoms. The van der Waals surface area contributed by atoms with Crippen LogP contribution >= 0.6 is 43.6 Å². The first-order valence-corrected chi connectivity index (χ1v) is 10.0. The van der Waals surface area contributed by atoms with E-state index in [2.05, 4.69) is 62.8 Å². The number of hydrogen-bond acceptors (Lipinski definition) is 2. The normalized spacial score (nSPS) is 56.7. The Labute approximate surface area is 132 Å². The molecule has 0 aromatic carbocycles. The Morgan fingerprint density at radius 2 is 1.28 bits per heavy atom. The molecule has 1 heterocycles. The molecule has 3 rings (SSSR count). The Hall–Kier alpha value is 1.27. The summed E-state index contributed by atoms with van der Waals surface area (Å²) in [6.45, 7) is 4.86. The van der Waals surface area contributed by atoms with Crippen LogP contribution in [0.15, 0.2) is 0 Å².